The molecule has 1 heterocycles. The van der Waals surface area contributed by atoms with Gasteiger partial charge in [0.1, 0.15) is 0 Å². The Kier molecular flexibility index (Phi) is 4.81. The fourth-order valence-electron chi connectivity index (χ4n) is 2.31. The number of thioether (sulfide) groups is 1. The zero-order chi connectivity index (χ0) is 14.6. The molecule has 1 unspecified atom stereocenters. The SMILES string of the molecule is CCOC(=O)c1ccc(N)c(NCC2(C)CCCS2)c1. The van der Waals surface area contributed by atoms with Crippen LogP contribution in [0.25, 0.3) is 0 Å². The summed E-state index contributed by atoms with van der Waals surface area (Å²) in [5, 5.41) is 3.38. The molecule has 0 bridgehead atoms. The van der Waals surface area contributed by atoms with E-state index in [0.29, 0.717) is 17.9 Å². The van der Waals surface area contributed by atoms with E-state index < -0.39 is 0 Å². The van der Waals surface area contributed by atoms with Crippen LogP contribution in [0.3, 0.4) is 0 Å². The molecule has 0 aliphatic carbocycles. The summed E-state index contributed by atoms with van der Waals surface area (Å²) in [4.78, 5) is 11.7. The molecule has 1 aromatic carbocycles. The van der Waals surface area contributed by atoms with Crippen LogP contribution in [0.5, 0.6) is 0 Å². The molecule has 4 nitrogen and oxygen atoms in total. The zero-order valence-electron chi connectivity index (χ0n) is 12.1. The van der Waals surface area contributed by atoms with Gasteiger partial charge in [0.25, 0.3) is 0 Å². The second-order valence-electron chi connectivity index (χ2n) is 5.28. The van der Waals surface area contributed by atoms with Crippen LogP contribution in [-0.2, 0) is 4.74 Å². The highest BCUT2D eigenvalue weighted by Gasteiger charge is 2.29. The molecule has 1 saturated heterocycles. The van der Waals surface area contributed by atoms with Crippen molar-refractivity contribution in [2.75, 3.05) is 30.0 Å². The molecule has 1 aromatic rings. The van der Waals surface area contributed by atoms with E-state index in [1.54, 1.807) is 25.1 Å². The number of carbonyl (C=O) groups excluding carboxylic acids is 1. The van der Waals surface area contributed by atoms with Gasteiger partial charge in [-0.3, -0.25) is 0 Å². The molecule has 110 valence electrons. The van der Waals surface area contributed by atoms with Gasteiger partial charge in [-0.15, -0.1) is 0 Å². The first kappa shape index (κ1) is 15.0. The highest BCUT2D eigenvalue weighted by molar-refractivity contribution is 8.00. The number of hydrogen-bond acceptors (Lipinski definition) is 5. The Labute approximate surface area is 124 Å². The number of anilines is 2. The Hall–Kier alpha value is -1.36. The predicted molar refractivity (Wildman–Crippen MR) is 85.4 cm³/mol. The Balaban J connectivity index is 2.06. The van der Waals surface area contributed by atoms with Gasteiger partial charge in [-0.1, -0.05) is 0 Å². The molecule has 0 radical (unpaired) electrons. The Morgan fingerprint density at radius 3 is 3.00 bits per heavy atom. The van der Waals surface area contributed by atoms with Gasteiger partial charge >= 0.3 is 5.97 Å². The highest BCUT2D eigenvalue weighted by atomic mass is 32.2. The van der Waals surface area contributed by atoms with Crippen molar-refractivity contribution in [3.05, 3.63) is 23.8 Å². The molecule has 5 heteroatoms. The largest absolute Gasteiger partial charge is 0.462 e. The molecule has 1 atom stereocenters. The third-order valence-corrected chi connectivity index (χ3v) is 5.06. The number of benzene rings is 1. The van der Waals surface area contributed by atoms with Gasteiger partial charge < -0.3 is 15.8 Å². The second-order valence-corrected chi connectivity index (χ2v) is 6.96. The normalized spacial score (nSPS) is 21.7. The van der Waals surface area contributed by atoms with Crippen molar-refractivity contribution in [1.29, 1.82) is 0 Å². The number of esters is 1. The predicted octanol–water partition coefficient (Wildman–Crippen LogP) is 3.14. The number of nitrogen functional groups attached to an aromatic ring is 1. The summed E-state index contributed by atoms with van der Waals surface area (Å²) in [6, 6.07) is 5.22. The van der Waals surface area contributed by atoms with Crippen LogP contribution in [0.15, 0.2) is 18.2 Å². The van der Waals surface area contributed by atoms with Gasteiger partial charge in [0, 0.05) is 11.3 Å². The smallest absolute Gasteiger partial charge is 0.338 e. The monoisotopic (exact) mass is 294 g/mol. The molecule has 20 heavy (non-hydrogen) atoms. The average Bonchev–Trinajstić information content (AvgIpc) is 2.85. The van der Waals surface area contributed by atoms with E-state index in [1.165, 1.54) is 18.6 Å². The van der Waals surface area contributed by atoms with Crippen molar-refractivity contribution < 1.29 is 9.53 Å². The van der Waals surface area contributed by atoms with Gasteiger partial charge in [0.15, 0.2) is 0 Å². The number of carbonyl (C=O) groups is 1. The molecule has 0 amide bonds. The van der Waals surface area contributed by atoms with Crippen molar-refractivity contribution >= 4 is 29.1 Å². The molecule has 0 spiro atoms. The maximum atomic E-state index is 11.7. The highest BCUT2D eigenvalue weighted by Crippen LogP contribution is 2.38. The summed E-state index contributed by atoms with van der Waals surface area (Å²) in [7, 11) is 0. The van der Waals surface area contributed by atoms with Gasteiger partial charge in [-0.25, -0.2) is 4.79 Å². The minimum absolute atomic E-state index is 0.256. The number of rotatable bonds is 5. The van der Waals surface area contributed by atoms with E-state index in [4.69, 9.17) is 10.5 Å². The minimum atomic E-state index is -0.308. The standard InChI is InChI=1S/C15H22N2O2S/c1-3-19-14(18)11-5-6-12(16)13(9-11)17-10-15(2)7-4-8-20-15/h5-6,9,17H,3-4,7-8,10,16H2,1-2H3. The van der Waals surface area contributed by atoms with Crippen molar-refractivity contribution in [3.63, 3.8) is 0 Å². The molecule has 1 fully saturated rings. The molecule has 1 aliphatic rings. The number of hydrogen-bond donors (Lipinski definition) is 2. The fourth-order valence-corrected chi connectivity index (χ4v) is 3.55. The topological polar surface area (TPSA) is 64.3 Å². The van der Waals surface area contributed by atoms with Crippen molar-refractivity contribution in [2.45, 2.75) is 31.4 Å². The van der Waals surface area contributed by atoms with E-state index in [1.807, 2.05) is 11.8 Å². The van der Waals surface area contributed by atoms with Crippen molar-refractivity contribution in [3.8, 4) is 0 Å². The minimum Gasteiger partial charge on any atom is -0.462 e. The number of nitrogens with one attached hydrogen (secondary N) is 1. The maximum Gasteiger partial charge on any atom is 0.338 e. The lowest BCUT2D eigenvalue weighted by Crippen LogP contribution is -2.27. The molecule has 0 aromatic heterocycles. The van der Waals surface area contributed by atoms with Crippen molar-refractivity contribution in [1.82, 2.24) is 0 Å². The first-order valence-corrected chi connectivity index (χ1v) is 7.97. The summed E-state index contributed by atoms with van der Waals surface area (Å²) >= 11 is 1.99. The Morgan fingerprint density at radius 1 is 1.55 bits per heavy atom. The van der Waals surface area contributed by atoms with E-state index in [9.17, 15) is 4.79 Å². The van der Waals surface area contributed by atoms with Gasteiger partial charge in [-0.2, -0.15) is 11.8 Å². The molecule has 0 saturated carbocycles. The average molecular weight is 294 g/mol. The van der Waals surface area contributed by atoms with Crippen LogP contribution in [0.1, 0.15) is 37.0 Å². The summed E-state index contributed by atoms with van der Waals surface area (Å²) in [5.74, 6) is 0.910. The third-order valence-electron chi connectivity index (χ3n) is 3.52. The Bertz CT molecular complexity index is 485. The van der Waals surface area contributed by atoms with Crippen LogP contribution in [-0.4, -0.2) is 29.6 Å². The first-order valence-electron chi connectivity index (χ1n) is 6.98. The maximum absolute atomic E-state index is 11.7. The Morgan fingerprint density at radius 2 is 2.35 bits per heavy atom. The lowest BCUT2D eigenvalue weighted by Gasteiger charge is -2.24. The van der Waals surface area contributed by atoms with E-state index >= 15 is 0 Å². The van der Waals surface area contributed by atoms with E-state index in [-0.39, 0.29) is 10.7 Å². The van der Waals surface area contributed by atoms with Crippen LogP contribution in [0.2, 0.25) is 0 Å². The van der Waals surface area contributed by atoms with E-state index in [0.717, 1.165) is 12.2 Å². The van der Waals surface area contributed by atoms with Gasteiger partial charge in [0.05, 0.1) is 23.5 Å². The van der Waals surface area contributed by atoms with Crippen LogP contribution < -0.4 is 11.1 Å². The molecule has 2 rings (SSSR count). The van der Waals surface area contributed by atoms with Gasteiger partial charge in [0.2, 0.25) is 0 Å². The molecule has 1 aliphatic heterocycles. The quantitative estimate of drug-likeness (QED) is 0.645. The number of nitrogens with two attached hydrogens (primary N) is 1. The summed E-state index contributed by atoms with van der Waals surface area (Å²) < 4.78 is 5.27. The zero-order valence-corrected chi connectivity index (χ0v) is 12.9. The van der Waals surface area contributed by atoms with E-state index in [2.05, 4.69) is 12.2 Å². The second kappa shape index (κ2) is 6.39. The van der Waals surface area contributed by atoms with Crippen LogP contribution in [0, 0.1) is 0 Å². The van der Waals surface area contributed by atoms with Crippen LogP contribution >= 0.6 is 11.8 Å². The summed E-state index contributed by atoms with van der Waals surface area (Å²) in [6.07, 6.45) is 2.48. The van der Waals surface area contributed by atoms with Crippen LogP contribution in [0.4, 0.5) is 11.4 Å². The fraction of sp³-hybridized carbons (Fsp3) is 0.533. The van der Waals surface area contributed by atoms with Gasteiger partial charge in [-0.05, 0) is 50.6 Å². The van der Waals surface area contributed by atoms with Crippen molar-refractivity contribution in [2.24, 2.45) is 0 Å². The first-order chi connectivity index (χ1) is 9.54. The summed E-state index contributed by atoms with van der Waals surface area (Å²) in [5.41, 5.74) is 7.97. The lowest BCUT2D eigenvalue weighted by molar-refractivity contribution is 0.0526. The number of ether oxygens (including phenoxy) is 1. The molecule has 3 N–H and O–H groups in total. The third kappa shape index (κ3) is 3.60. The molecular weight excluding hydrogens is 272 g/mol. The molecular formula is C15H22N2O2S. The summed E-state index contributed by atoms with van der Waals surface area (Å²) in [6.45, 7) is 5.30. The lowest BCUT2D eigenvalue weighted by atomic mass is 10.1.